The number of nitrogens with one attached hydrogen (secondary N) is 1. The molecule has 5 aliphatic rings. The van der Waals surface area contributed by atoms with E-state index in [1.165, 1.54) is 11.6 Å². The first-order valence-corrected chi connectivity index (χ1v) is 16.3. The summed E-state index contributed by atoms with van der Waals surface area (Å²) in [4.78, 5) is 19.1. The number of anilines is 1. The highest BCUT2D eigenvalue weighted by Gasteiger charge is 2.52. The van der Waals surface area contributed by atoms with Gasteiger partial charge in [0.25, 0.3) is 0 Å². The van der Waals surface area contributed by atoms with E-state index in [0.29, 0.717) is 71.0 Å². The second kappa shape index (κ2) is 10.6. The lowest BCUT2D eigenvalue weighted by atomic mass is 9.92. The van der Waals surface area contributed by atoms with Crippen molar-refractivity contribution in [2.24, 2.45) is 0 Å². The van der Waals surface area contributed by atoms with Gasteiger partial charge in [-0.05, 0) is 62.2 Å². The SMILES string of the molecule is C#Cc1cccc2cc(O)cc(-c3ncc4c(N5C[C@H]6CC[C@@H](C5)N6)nc(OCC56CCCN5C5COCC=C5C6)nc4c3F)c12. The molecule has 4 fully saturated rings. The maximum Gasteiger partial charge on any atom is 0.319 e. The van der Waals surface area contributed by atoms with E-state index < -0.39 is 5.82 Å². The van der Waals surface area contributed by atoms with E-state index >= 15 is 4.39 Å². The van der Waals surface area contributed by atoms with Crippen molar-refractivity contribution in [2.45, 2.75) is 55.8 Å². The van der Waals surface area contributed by atoms with E-state index in [0.717, 1.165) is 51.7 Å². The van der Waals surface area contributed by atoms with Gasteiger partial charge in [0, 0.05) is 47.9 Å². The highest BCUT2D eigenvalue weighted by Crippen LogP contribution is 2.46. The minimum absolute atomic E-state index is 0.000298. The molecule has 2 aromatic heterocycles. The van der Waals surface area contributed by atoms with Gasteiger partial charge in [0.2, 0.25) is 0 Å². The molecule has 0 aliphatic carbocycles. The second-order valence-electron chi connectivity index (χ2n) is 13.4. The number of terminal acetylenes is 1. The lowest BCUT2D eigenvalue weighted by Crippen LogP contribution is -2.51. The second-order valence-corrected chi connectivity index (χ2v) is 13.4. The molecular weight excluding hydrogens is 583 g/mol. The Balaban J connectivity index is 1.16. The molecule has 0 radical (unpaired) electrons. The Bertz CT molecular complexity index is 1960. The van der Waals surface area contributed by atoms with Gasteiger partial charge in [-0.15, -0.1) is 6.42 Å². The molecule has 0 saturated carbocycles. The van der Waals surface area contributed by atoms with E-state index in [-0.39, 0.29) is 28.5 Å². The quantitative estimate of drug-likeness (QED) is 0.247. The Morgan fingerprint density at radius 2 is 2.07 bits per heavy atom. The number of ether oxygens (including phenoxy) is 2. The van der Waals surface area contributed by atoms with Gasteiger partial charge < -0.3 is 24.8 Å². The first kappa shape index (κ1) is 28.0. The summed E-state index contributed by atoms with van der Waals surface area (Å²) in [5, 5.41) is 16.2. The minimum Gasteiger partial charge on any atom is -0.508 e. The third-order valence-corrected chi connectivity index (χ3v) is 10.7. The van der Waals surface area contributed by atoms with Crippen LogP contribution in [-0.2, 0) is 4.74 Å². The number of hydrogen-bond acceptors (Lipinski definition) is 9. The average molecular weight is 619 g/mol. The van der Waals surface area contributed by atoms with Crippen LogP contribution in [0.25, 0.3) is 32.9 Å². The number of phenols is 1. The number of benzene rings is 2. The average Bonchev–Trinajstić information content (AvgIpc) is 3.73. The van der Waals surface area contributed by atoms with Crippen LogP contribution in [-0.4, -0.2) is 88.1 Å². The molecule has 4 atom stereocenters. The molecule has 4 aromatic rings. The standard InChI is InChI=1S/C36H35FN6O3/c1-2-21-5-3-6-22-13-26(44)14-27(30(21)22)32-31(37)33-28(16-38-32)34(42-17-24-7-8-25(18-42)39-24)41-35(40-33)46-20-36-10-4-11-43(36)29-19-45-12-9-23(29)15-36/h1,3,5-6,9,13-14,16,24-25,29,39,44H,4,7-8,10-12,15,17-20H2/t24-,25+,29?,36?. The summed E-state index contributed by atoms with van der Waals surface area (Å²) in [6.07, 6.45) is 15.0. The number of fused-ring (bicyclic) bond motifs is 7. The number of pyridine rings is 1. The lowest BCUT2D eigenvalue weighted by Gasteiger charge is -2.35. The molecule has 7 heterocycles. The van der Waals surface area contributed by atoms with Crippen molar-refractivity contribution in [1.82, 2.24) is 25.2 Å². The van der Waals surface area contributed by atoms with Crippen molar-refractivity contribution in [1.29, 1.82) is 0 Å². The summed E-state index contributed by atoms with van der Waals surface area (Å²) in [7, 11) is 0. The van der Waals surface area contributed by atoms with E-state index in [9.17, 15) is 5.11 Å². The van der Waals surface area contributed by atoms with Crippen molar-refractivity contribution in [3.63, 3.8) is 0 Å². The number of nitrogens with zero attached hydrogens (tertiary/aromatic N) is 5. The number of hydrogen-bond donors (Lipinski definition) is 2. The van der Waals surface area contributed by atoms with Gasteiger partial charge in [0.1, 0.15) is 29.4 Å². The molecule has 9 rings (SSSR count). The van der Waals surface area contributed by atoms with Gasteiger partial charge in [0.15, 0.2) is 5.82 Å². The van der Waals surface area contributed by atoms with Crippen molar-refractivity contribution in [2.75, 3.05) is 44.4 Å². The van der Waals surface area contributed by atoms with Crippen molar-refractivity contribution >= 4 is 27.5 Å². The molecule has 0 spiro atoms. The predicted molar refractivity (Wildman–Crippen MR) is 173 cm³/mol. The first-order chi connectivity index (χ1) is 22.5. The van der Waals surface area contributed by atoms with E-state index in [1.54, 1.807) is 18.3 Å². The van der Waals surface area contributed by atoms with Crippen LogP contribution in [0.3, 0.4) is 0 Å². The largest absolute Gasteiger partial charge is 0.508 e. The summed E-state index contributed by atoms with van der Waals surface area (Å²) in [5.41, 5.74) is 2.50. The Morgan fingerprint density at radius 3 is 2.91 bits per heavy atom. The fraction of sp³-hybridized carbons (Fsp3) is 0.417. The molecule has 2 bridgehead atoms. The van der Waals surface area contributed by atoms with Crippen LogP contribution in [0.2, 0.25) is 0 Å². The smallest absolute Gasteiger partial charge is 0.319 e. The van der Waals surface area contributed by atoms with E-state index in [2.05, 4.69) is 32.1 Å². The van der Waals surface area contributed by atoms with Crippen LogP contribution < -0.4 is 15.0 Å². The number of phenolic OH excluding ortho intramolecular Hbond substituents is 1. The van der Waals surface area contributed by atoms with Crippen molar-refractivity contribution in [3.05, 3.63) is 59.6 Å². The van der Waals surface area contributed by atoms with Gasteiger partial charge >= 0.3 is 6.01 Å². The Kier molecular flexibility index (Phi) is 6.46. The highest BCUT2D eigenvalue weighted by atomic mass is 19.1. The molecule has 5 aliphatic heterocycles. The monoisotopic (exact) mass is 618 g/mol. The van der Waals surface area contributed by atoms with E-state index in [1.807, 2.05) is 12.1 Å². The summed E-state index contributed by atoms with van der Waals surface area (Å²) in [5.74, 6) is 2.74. The fourth-order valence-corrected chi connectivity index (χ4v) is 8.69. The third-order valence-electron chi connectivity index (χ3n) is 10.7. The number of halogens is 1. The van der Waals surface area contributed by atoms with Crippen LogP contribution >= 0.6 is 0 Å². The van der Waals surface area contributed by atoms with Crippen LogP contribution in [0.1, 0.15) is 37.7 Å². The molecule has 4 saturated heterocycles. The van der Waals surface area contributed by atoms with Gasteiger partial charge in [-0.25, -0.2) is 4.39 Å². The molecule has 234 valence electrons. The Hall–Kier alpha value is -4.30. The van der Waals surface area contributed by atoms with Crippen molar-refractivity contribution < 1.29 is 19.0 Å². The number of aromatic nitrogens is 3. The van der Waals surface area contributed by atoms with Crippen LogP contribution in [0, 0.1) is 18.2 Å². The zero-order chi connectivity index (χ0) is 31.0. The molecule has 2 unspecified atom stereocenters. The van der Waals surface area contributed by atoms with E-state index in [4.69, 9.17) is 25.9 Å². The van der Waals surface area contributed by atoms with Gasteiger partial charge in [-0.1, -0.05) is 29.7 Å². The molecule has 9 nitrogen and oxygen atoms in total. The molecule has 2 aromatic carbocycles. The molecule has 10 heteroatoms. The van der Waals surface area contributed by atoms with Gasteiger partial charge in [-0.2, -0.15) is 9.97 Å². The summed E-state index contributed by atoms with van der Waals surface area (Å²) >= 11 is 0. The Labute approximate surface area is 266 Å². The zero-order valence-corrected chi connectivity index (χ0v) is 25.5. The molecule has 2 N–H and O–H groups in total. The lowest BCUT2D eigenvalue weighted by molar-refractivity contribution is 0.0435. The highest BCUT2D eigenvalue weighted by molar-refractivity contribution is 6.02. The number of piperazine rings is 1. The van der Waals surface area contributed by atoms with Crippen LogP contribution in [0.5, 0.6) is 11.8 Å². The normalized spacial score (nSPS) is 27.1. The fourth-order valence-electron chi connectivity index (χ4n) is 8.69. The predicted octanol–water partition coefficient (Wildman–Crippen LogP) is 4.55. The minimum atomic E-state index is -0.599. The summed E-state index contributed by atoms with van der Waals surface area (Å²) in [6, 6.07) is 9.77. The van der Waals surface area contributed by atoms with Crippen molar-refractivity contribution in [3.8, 4) is 35.4 Å². The Morgan fingerprint density at radius 1 is 1.20 bits per heavy atom. The number of rotatable bonds is 5. The summed E-state index contributed by atoms with van der Waals surface area (Å²) < 4.78 is 29.2. The van der Waals surface area contributed by atoms with Gasteiger partial charge in [-0.3, -0.25) is 9.88 Å². The number of aromatic hydroxyl groups is 1. The first-order valence-electron chi connectivity index (χ1n) is 16.3. The topological polar surface area (TPSA) is 95.9 Å². The zero-order valence-electron chi connectivity index (χ0n) is 25.5. The van der Waals surface area contributed by atoms with Gasteiger partial charge in [0.05, 0.1) is 30.2 Å². The third kappa shape index (κ3) is 4.37. The molecular formula is C36H35FN6O3. The van der Waals surface area contributed by atoms with Crippen LogP contribution in [0.4, 0.5) is 10.2 Å². The molecule has 46 heavy (non-hydrogen) atoms. The maximum atomic E-state index is 16.9. The summed E-state index contributed by atoms with van der Waals surface area (Å²) in [6.45, 7) is 4.32. The molecule has 0 amide bonds. The maximum absolute atomic E-state index is 16.9. The van der Waals surface area contributed by atoms with Crippen LogP contribution in [0.15, 0.2) is 48.2 Å².